The molecule has 4 aliphatic heterocycles. The molecule has 12 rings (SSSR count). The van der Waals surface area contributed by atoms with Gasteiger partial charge in [0.05, 0.1) is 0 Å². The largest absolute Gasteiger partial charge is 0.508 e. The molecule has 10 atom stereocenters. The van der Waals surface area contributed by atoms with E-state index in [-0.39, 0.29) is 138 Å². The number of phenols is 14. The number of phenolic OH excluding ortho intramolecular Hbond substituents is 14. The zero-order chi connectivity index (χ0) is 63.3. The van der Waals surface area contributed by atoms with Gasteiger partial charge in [-0.05, 0) is 141 Å². The standard InChI is InChI=1S/C70H70O18/c1-25-11-35(12-26(2)60(25)80)65-30(6)17-40-44(74)23-46(76)57(69(40)87-65)54-33(9)67(36-13-27(3)62(82)49(79)18-36)88-70-58(47(77)24-48(78)59(54)70)53-34(10)68(86-51-22-38(72)20-45(75)56(51)53)42-15-29(5)63(83)64(84)55(42)52-32(8)61(81)28(4)14-41(52)66-31(7)16-39-43(73)19-37(71)21-50(39)85-66/h11-15,18-24,30-31,33-34,53-54,65-68,71-84H,16-17H2,1-10H3. The molecule has 14 N–H and O–H groups in total. The third kappa shape index (κ3) is 9.04. The Bertz CT molecular complexity index is 4220. The Morgan fingerprint density at radius 3 is 1.40 bits per heavy atom. The number of hydrogen-bond acceptors (Lipinski definition) is 18. The van der Waals surface area contributed by atoms with Crippen LogP contribution in [-0.2, 0) is 12.8 Å². The summed E-state index contributed by atoms with van der Waals surface area (Å²) in [5.41, 5.74) is 5.30. The summed E-state index contributed by atoms with van der Waals surface area (Å²) in [5, 5.41) is 164. The quantitative estimate of drug-likeness (QED) is 0.0659. The lowest BCUT2D eigenvalue weighted by Crippen LogP contribution is -2.33. The molecule has 458 valence electrons. The van der Waals surface area contributed by atoms with Crippen LogP contribution in [0.2, 0.25) is 0 Å². The lowest BCUT2D eigenvalue weighted by Gasteiger charge is -2.44. The Hall–Kier alpha value is -9.84. The lowest BCUT2D eigenvalue weighted by atomic mass is 9.69. The van der Waals surface area contributed by atoms with Crippen molar-refractivity contribution in [2.75, 3.05) is 0 Å². The molecular formula is C70H70O18. The van der Waals surface area contributed by atoms with Crippen molar-refractivity contribution in [1.29, 1.82) is 0 Å². The monoisotopic (exact) mass is 1200 g/mol. The average molecular weight is 1200 g/mol. The molecule has 0 radical (unpaired) electrons. The van der Waals surface area contributed by atoms with Crippen LogP contribution >= 0.6 is 0 Å². The number of aromatic hydroxyl groups is 14. The number of benzene rings is 8. The number of hydrogen-bond donors (Lipinski definition) is 14. The second-order valence-corrected chi connectivity index (χ2v) is 24.9. The first-order valence-electron chi connectivity index (χ1n) is 29.2. The smallest absolute Gasteiger partial charge is 0.166 e. The second-order valence-electron chi connectivity index (χ2n) is 24.9. The maximum Gasteiger partial charge on any atom is 0.166 e. The van der Waals surface area contributed by atoms with E-state index < -0.39 is 94.1 Å². The summed E-state index contributed by atoms with van der Waals surface area (Å²) in [6.07, 6.45) is -3.45. The number of fused-ring (bicyclic) bond motifs is 4. The van der Waals surface area contributed by atoms with Gasteiger partial charge in [-0.2, -0.15) is 0 Å². The summed E-state index contributed by atoms with van der Waals surface area (Å²) in [4.78, 5) is 0. The molecule has 0 aromatic heterocycles. The van der Waals surface area contributed by atoms with Gasteiger partial charge in [-0.3, -0.25) is 0 Å². The maximum absolute atomic E-state index is 12.8. The minimum atomic E-state index is -1.28. The lowest BCUT2D eigenvalue weighted by molar-refractivity contribution is 0.0900. The topological polar surface area (TPSA) is 320 Å². The van der Waals surface area contributed by atoms with Crippen LogP contribution in [0.15, 0.2) is 72.8 Å². The fourth-order valence-corrected chi connectivity index (χ4v) is 14.6. The molecule has 10 unspecified atom stereocenters. The zero-order valence-corrected chi connectivity index (χ0v) is 50.0. The van der Waals surface area contributed by atoms with Gasteiger partial charge >= 0.3 is 0 Å². The van der Waals surface area contributed by atoms with Crippen LogP contribution in [0.25, 0.3) is 11.1 Å². The zero-order valence-electron chi connectivity index (χ0n) is 50.0. The van der Waals surface area contributed by atoms with E-state index in [1.807, 2.05) is 26.0 Å². The molecule has 0 aliphatic carbocycles. The van der Waals surface area contributed by atoms with Crippen molar-refractivity contribution in [2.45, 2.75) is 118 Å². The van der Waals surface area contributed by atoms with E-state index in [2.05, 4.69) is 0 Å². The van der Waals surface area contributed by atoms with E-state index in [1.54, 1.807) is 73.6 Å². The van der Waals surface area contributed by atoms with E-state index in [9.17, 15) is 71.5 Å². The molecule has 4 heterocycles. The van der Waals surface area contributed by atoms with Gasteiger partial charge in [0.2, 0.25) is 0 Å². The molecule has 88 heavy (non-hydrogen) atoms. The molecule has 0 amide bonds. The van der Waals surface area contributed by atoms with E-state index in [4.69, 9.17) is 18.9 Å². The number of ether oxygens (including phenoxy) is 4. The SMILES string of the molecule is Cc1cc(C2Oc3c(c(O)cc(O)c3C3c4c(O)cc(O)c(C5c6c(O)cc(O)cc6OC(c6cc(C)c(O)c(O)c6-c6c(C7Oc8cc(O)cc(O)c8CC7C)cc(C)c(O)c6C)C5C)c4OC(c4cc(C)c(O)c(O)c4)C3C)CC2C)cc(C)c1O. The Labute approximate surface area is 506 Å². The predicted molar refractivity (Wildman–Crippen MR) is 323 cm³/mol. The van der Waals surface area contributed by atoms with Crippen LogP contribution in [-0.4, -0.2) is 71.5 Å². The molecule has 8 aromatic carbocycles. The highest BCUT2D eigenvalue weighted by Gasteiger charge is 2.50. The van der Waals surface area contributed by atoms with Gasteiger partial charge in [-0.1, -0.05) is 27.7 Å². The van der Waals surface area contributed by atoms with Gasteiger partial charge in [0.1, 0.15) is 105 Å². The van der Waals surface area contributed by atoms with E-state index in [0.29, 0.717) is 44.5 Å². The van der Waals surface area contributed by atoms with Crippen LogP contribution in [0.4, 0.5) is 0 Å². The van der Waals surface area contributed by atoms with Gasteiger partial charge in [0, 0.05) is 122 Å². The molecule has 0 bridgehead atoms. The van der Waals surface area contributed by atoms with Gasteiger partial charge in [-0.15, -0.1) is 0 Å². The minimum Gasteiger partial charge on any atom is -0.508 e. The minimum absolute atomic E-state index is 0.00262. The summed E-state index contributed by atoms with van der Waals surface area (Å²) in [7, 11) is 0. The third-order valence-corrected chi connectivity index (χ3v) is 18.9. The molecule has 4 aliphatic rings. The first kappa shape index (κ1) is 58.5. The highest BCUT2D eigenvalue weighted by atomic mass is 16.5. The third-order valence-electron chi connectivity index (χ3n) is 18.9. The van der Waals surface area contributed by atoms with E-state index in [1.165, 1.54) is 30.3 Å². The van der Waals surface area contributed by atoms with Crippen molar-refractivity contribution in [1.82, 2.24) is 0 Å². The van der Waals surface area contributed by atoms with Crippen LogP contribution in [0.3, 0.4) is 0 Å². The molecule has 0 saturated carbocycles. The first-order chi connectivity index (χ1) is 41.6. The highest BCUT2D eigenvalue weighted by molar-refractivity contribution is 5.85. The van der Waals surface area contributed by atoms with Crippen molar-refractivity contribution in [3.8, 4) is 115 Å². The Morgan fingerprint density at radius 1 is 0.330 bits per heavy atom. The molecule has 0 fully saturated rings. The van der Waals surface area contributed by atoms with Gasteiger partial charge < -0.3 is 90.4 Å². The predicted octanol–water partition coefficient (Wildman–Crippen LogP) is 13.5. The molecule has 8 aromatic rings. The van der Waals surface area contributed by atoms with Crippen molar-refractivity contribution < 1.29 is 90.4 Å². The van der Waals surface area contributed by atoms with Crippen LogP contribution in [0.1, 0.15) is 153 Å². The summed E-state index contributed by atoms with van der Waals surface area (Å²) in [5.74, 6) is -9.89. The van der Waals surface area contributed by atoms with Gasteiger partial charge in [0.15, 0.2) is 23.0 Å². The summed E-state index contributed by atoms with van der Waals surface area (Å²) >= 11 is 0. The highest BCUT2D eigenvalue weighted by Crippen LogP contribution is 2.66. The van der Waals surface area contributed by atoms with Crippen LogP contribution in [0, 0.1) is 65.2 Å². The normalized spacial score (nSPS) is 22.7. The Kier molecular flexibility index (Phi) is 13.9. The van der Waals surface area contributed by atoms with Crippen LogP contribution in [0.5, 0.6) is 103 Å². The molecule has 18 nitrogen and oxygen atoms in total. The molecule has 0 spiro atoms. The molecule has 0 saturated heterocycles. The summed E-state index contributed by atoms with van der Waals surface area (Å²) in [6, 6.07) is 17.2. The van der Waals surface area contributed by atoms with Crippen LogP contribution < -0.4 is 18.9 Å². The first-order valence-corrected chi connectivity index (χ1v) is 29.2. The maximum atomic E-state index is 12.8. The summed E-state index contributed by atoms with van der Waals surface area (Å²) in [6.45, 7) is 17.4. The number of aryl methyl sites for hydroxylation is 5. The fourth-order valence-electron chi connectivity index (χ4n) is 14.6. The van der Waals surface area contributed by atoms with Crippen molar-refractivity contribution in [3.63, 3.8) is 0 Å². The average Bonchev–Trinajstić information content (AvgIpc) is 0.767. The fraction of sp³-hybridized carbons (Fsp3) is 0.314. The molecule has 18 heteroatoms. The van der Waals surface area contributed by atoms with Crippen molar-refractivity contribution >= 4 is 0 Å². The van der Waals surface area contributed by atoms with Gasteiger partial charge in [-0.25, -0.2) is 0 Å². The van der Waals surface area contributed by atoms with Crippen molar-refractivity contribution in [3.05, 3.63) is 162 Å². The number of rotatable bonds is 7. The van der Waals surface area contributed by atoms with Crippen molar-refractivity contribution in [2.24, 2.45) is 23.7 Å². The molecular weight excluding hydrogens is 1130 g/mol. The van der Waals surface area contributed by atoms with E-state index in [0.717, 1.165) is 12.1 Å². The van der Waals surface area contributed by atoms with E-state index >= 15 is 0 Å². The summed E-state index contributed by atoms with van der Waals surface area (Å²) < 4.78 is 27.8. The Balaban J connectivity index is 1.10. The second kappa shape index (κ2) is 21.0. The van der Waals surface area contributed by atoms with Gasteiger partial charge in [0.25, 0.3) is 0 Å². The Morgan fingerprint density at radius 2 is 0.773 bits per heavy atom.